The van der Waals surface area contributed by atoms with Gasteiger partial charge in [-0.25, -0.2) is 8.42 Å². The van der Waals surface area contributed by atoms with Crippen LogP contribution >= 0.6 is 35.3 Å². The molecule has 0 aliphatic rings. The lowest BCUT2D eigenvalue weighted by molar-refractivity contribution is 0.486. The highest BCUT2D eigenvalue weighted by atomic mass is 127. The minimum Gasteiger partial charge on any atom is -0.352 e. The van der Waals surface area contributed by atoms with Crippen molar-refractivity contribution in [3.05, 3.63) is 52.2 Å². The van der Waals surface area contributed by atoms with Gasteiger partial charge in [0, 0.05) is 38.3 Å². The minimum absolute atomic E-state index is 0. The molecule has 0 spiro atoms. The average molecular weight is 493 g/mol. The fraction of sp³-hybridized carbons (Fsp3) is 0.353. The van der Waals surface area contributed by atoms with Crippen LogP contribution in [0, 0.1) is 0 Å². The first-order valence-corrected chi connectivity index (χ1v) is 10.4. The molecule has 138 valence electrons. The molecule has 2 rings (SSSR count). The van der Waals surface area contributed by atoms with Crippen molar-refractivity contribution < 1.29 is 8.42 Å². The van der Waals surface area contributed by atoms with Gasteiger partial charge >= 0.3 is 0 Å². The molecule has 0 saturated carbocycles. The molecule has 1 heterocycles. The molecule has 1 aromatic carbocycles. The second-order valence-electron chi connectivity index (χ2n) is 5.57. The Labute approximate surface area is 171 Å². The molecule has 5 nitrogen and oxygen atoms in total. The van der Waals surface area contributed by atoms with Gasteiger partial charge in [-0.15, -0.1) is 35.3 Å². The summed E-state index contributed by atoms with van der Waals surface area (Å²) in [6, 6.07) is 11.1. The van der Waals surface area contributed by atoms with Crippen molar-refractivity contribution >= 4 is 51.1 Å². The Morgan fingerprint density at radius 2 is 1.92 bits per heavy atom. The number of nitrogens with one attached hydrogen (secondary N) is 1. The summed E-state index contributed by atoms with van der Waals surface area (Å²) in [5.41, 5.74) is 1.01. The molecule has 1 aromatic heterocycles. The number of thiophene rings is 1. The van der Waals surface area contributed by atoms with Crippen LogP contribution in [-0.4, -0.2) is 46.2 Å². The Morgan fingerprint density at radius 1 is 1.24 bits per heavy atom. The maximum atomic E-state index is 11.5. The van der Waals surface area contributed by atoms with Gasteiger partial charge in [0.25, 0.3) is 0 Å². The molecule has 0 saturated heterocycles. The molecule has 0 unspecified atom stereocenters. The number of nitrogens with zero attached hydrogens (tertiary/aromatic N) is 2. The summed E-state index contributed by atoms with van der Waals surface area (Å²) in [7, 11) is 0.621. The summed E-state index contributed by atoms with van der Waals surface area (Å²) in [4.78, 5) is 8.08. The molecule has 0 radical (unpaired) electrons. The van der Waals surface area contributed by atoms with E-state index in [0.29, 0.717) is 11.4 Å². The minimum atomic E-state index is -3.15. The van der Waals surface area contributed by atoms with Crippen LogP contribution in [0.15, 0.2) is 51.7 Å². The van der Waals surface area contributed by atoms with Gasteiger partial charge in [-0.1, -0.05) is 18.2 Å². The van der Waals surface area contributed by atoms with Crippen molar-refractivity contribution in [2.45, 2.75) is 17.9 Å². The first kappa shape index (κ1) is 21.9. The van der Waals surface area contributed by atoms with Crippen LogP contribution in [-0.2, 0) is 22.8 Å². The lowest BCUT2D eigenvalue weighted by Crippen LogP contribution is -2.39. The van der Waals surface area contributed by atoms with Crippen LogP contribution in [0.3, 0.4) is 0 Å². The van der Waals surface area contributed by atoms with Crippen molar-refractivity contribution in [1.82, 2.24) is 10.2 Å². The standard InChI is InChI=1S/C17H23N3O2S2.HI/c1-18-17(20(2)11-10-15-5-4-12-23-15)19-13-14-6-8-16(9-7-14)24(3,21)22;/h4-9,12H,10-11,13H2,1-3H3,(H,18,19);1H. The third-order valence-corrected chi connectivity index (χ3v) is 5.71. The Balaban J connectivity index is 0.00000312. The van der Waals surface area contributed by atoms with Crippen molar-refractivity contribution in [2.75, 3.05) is 26.9 Å². The lowest BCUT2D eigenvalue weighted by atomic mass is 10.2. The zero-order valence-corrected chi connectivity index (χ0v) is 18.6. The normalized spacial score (nSPS) is 11.7. The molecule has 0 bridgehead atoms. The van der Waals surface area contributed by atoms with Crippen LogP contribution in [0.5, 0.6) is 0 Å². The van der Waals surface area contributed by atoms with Crippen molar-refractivity contribution in [3.8, 4) is 0 Å². The second kappa shape index (κ2) is 10.1. The number of hydrogen-bond acceptors (Lipinski definition) is 4. The van der Waals surface area contributed by atoms with Gasteiger partial charge in [0.1, 0.15) is 0 Å². The molecule has 0 amide bonds. The number of likely N-dealkylation sites (N-methyl/N-ethyl adjacent to an activating group) is 1. The Hall–Kier alpha value is -1.13. The van der Waals surface area contributed by atoms with E-state index < -0.39 is 9.84 Å². The topological polar surface area (TPSA) is 61.8 Å². The summed E-state index contributed by atoms with van der Waals surface area (Å²) in [5.74, 6) is 0.818. The fourth-order valence-corrected chi connectivity index (χ4v) is 3.59. The third kappa shape index (κ3) is 6.95. The first-order chi connectivity index (χ1) is 11.4. The number of rotatable bonds is 6. The van der Waals surface area contributed by atoms with Crippen LogP contribution in [0.1, 0.15) is 10.4 Å². The summed E-state index contributed by atoms with van der Waals surface area (Å²) in [5, 5.41) is 5.39. The molecule has 1 N–H and O–H groups in total. The molecule has 2 aromatic rings. The Bertz CT molecular complexity index is 773. The van der Waals surface area contributed by atoms with Crippen LogP contribution in [0.2, 0.25) is 0 Å². The average Bonchev–Trinajstić information content (AvgIpc) is 3.06. The van der Waals surface area contributed by atoms with E-state index in [9.17, 15) is 8.42 Å². The van der Waals surface area contributed by atoms with Crippen molar-refractivity contribution in [2.24, 2.45) is 4.99 Å². The fourth-order valence-electron chi connectivity index (χ4n) is 2.26. The summed E-state index contributed by atoms with van der Waals surface area (Å²) >= 11 is 1.76. The monoisotopic (exact) mass is 493 g/mol. The smallest absolute Gasteiger partial charge is 0.193 e. The number of sulfone groups is 1. The highest BCUT2D eigenvalue weighted by Crippen LogP contribution is 2.11. The second-order valence-corrected chi connectivity index (χ2v) is 8.62. The molecule has 8 heteroatoms. The predicted octanol–water partition coefficient (Wildman–Crippen LogP) is 3.02. The molecule has 0 aliphatic carbocycles. The predicted molar refractivity (Wildman–Crippen MR) is 116 cm³/mol. The molecule has 25 heavy (non-hydrogen) atoms. The maximum absolute atomic E-state index is 11.5. The van der Waals surface area contributed by atoms with E-state index in [4.69, 9.17) is 0 Å². The van der Waals surface area contributed by atoms with E-state index in [1.807, 2.05) is 19.2 Å². The molecule has 0 aliphatic heterocycles. The van der Waals surface area contributed by atoms with E-state index >= 15 is 0 Å². The molecule has 0 atom stereocenters. The Kier molecular flexibility index (Phi) is 8.87. The van der Waals surface area contributed by atoms with Crippen molar-refractivity contribution in [1.29, 1.82) is 0 Å². The number of hydrogen-bond donors (Lipinski definition) is 1. The summed E-state index contributed by atoms with van der Waals surface area (Å²) < 4.78 is 22.9. The van der Waals surface area contributed by atoms with E-state index in [2.05, 4.69) is 32.7 Å². The molecule has 0 fully saturated rings. The first-order valence-electron chi connectivity index (χ1n) is 7.63. The quantitative estimate of drug-likeness (QED) is 0.382. The van der Waals surface area contributed by atoms with E-state index in [0.717, 1.165) is 24.5 Å². The molecular weight excluding hydrogens is 469 g/mol. The number of guanidine groups is 1. The van der Waals surface area contributed by atoms with E-state index in [-0.39, 0.29) is 24.0 Å². The van der Waals surface area contributed by atoms with Gasteiger partial charge in [0.15, 0.2) is 15.8 Å². The Morgan fingerprint density at radius 3 is 2.44 bits per heavy atom. The van der Waals surface area contributed by atoms with Gasteiger partial charge in [0.05, 0.1) is 4.90 Å². The van der Waals surface area contributed by atoms with Gasteiger partial charge in [-0.2, -0.15) is 0 Å². The van der Waals surface area contributed by atoms with Gasteiger partial charge in [-0.3, -0.25) is 4.99 Å². The van der Waals surface area contributed by atoms with Gasteiger partial charge < -0.3 is 10.2 Å². The largest absolute Gasteiger partial charge is 0.352 e. The number of aliphatic imine (C=N–C) groups is 1. The highest BCUT2D eigenvalue weighted by Gasteiger charge is 2.08. The van der Waals surface area contributed by atoms with Crippen molar-refractivity contribution in [3.63, 3.8) is 0 Å². The van der Waals surface area contributed by atoms with E-state index in [1.165, 1.54) is 11.1 Å². The zero-order chi connectivity index (χ0) is 17.6. The summed E-state index contributed by atoms with van der Waals surface area (Å²) in [6.45, 7) is 1.48. The van der Waals surface area contributed by atoms with Crippen LogP contribution in [0.4, 0.5) is 0 Å². The third-order valence-electron chi connectivity index (χ3n) is 3.65. The van der Waals surface area contributed by atoms with E-state index in [1.54, 1.807) is 30.5 Å². The number of benzene rings is 1. The lowest BCUT2D eigenvalue weighted by Gasteiger charge is -2.22. The zero-order valence-electron chi connectivity index (χ0n) is 14.6. The summed E-state index contributed by atoms with van der Waals surface area (Å²) in [6.07, 6.45) is 2.20. The van der Waals surface area contributed by atoms with Gasteiger partial charge in [-0.05, 0) is 35.6 Å². The van der Waals surface area contributed by atoms with Crippen LogP contribution in [0.25, 0.3) is 0 Å². The van der Waals surface area contributed by atoms with Crippen LogP contribution < -0.4 is 5.32 Å². The SMILES string of the molecule is CN=C(NCc1ccc(S(C)(=O)=O)cc1)N(C)CCc1cccs1.I. The van der Waals surface area contributed by atoms with Gasteiger partial charge in [0.2, 0.25) is 0 Å². The molecular formula is C17H24IN3O2S2. The number of halogens is 1. The maximum Gasteiger partial charge on any atom is 0.193 e. The highest BCUT2D eigenvalue weighted by molar-refractivity contribution is 14.0.